The number of amides is 1. The van der Waals surface area contributed by atoms with Crippen molar-refractivity contribution in [1.29, 1.82) is 0 Å². The number of aromatic nitrogens is 4. The number of β-amino-alcohol motifs (C(OH)–C–C–N with tert-alkyl or cyclic N) is 1. The molecule has 4 rings (SSSR count). The van der Waals surface area contributed by atoms with Crippen molar-refractivity contribution in [3.63, 3.8) is 0 Å². The molecule has 3 aromatic rings. The molecule has 1 aliphatic heterocycles. The predicted molar refractivity (Wildman–Crippen MR) is 109 cm³/mol. The first-order valence-corrected chi connectivity index (χ1v) is 9.74. The minimum Gasteiger partial charge on any atom is -0.389 e. The number of carbonyl (C=O) groups excluding carboxylic acids is 1. The maximum atomic E-state index is 13.1. The SMILES string of the molecule is Cc1cc(C)n2nc(C(=O)N3CC[C@@](c4ccccc4)(N(C)C)[C@H](O)C3)nc2n1. The molecule has 0 radical (unpaired) electrons. The summed E-state index contributed by atoms with van der Waals surface area (Å²) in [6.07, 6.45) is -0.127. The number of benzene rings is 1. The van der Waals surface area contributed by atoms with Gasteiger partial charge in [-0.1, -0.05) is 30.3 Å². The molecule has 8 heteroatoms. The molecule has 1 fully saturated rings. The first-order chi connectivity index (χ1) is 13.8. The zero-order valence-corrected chi connectivity index (χ0v) is 17.2. The lowest BCUT2D eigenvalue weighted by Gasteiger charge is -2.49. The van der Waals surface area contributed by atoms with Crippen LogP contribution in [-0.4, -0.2) is 73.7 Å². The molecule has 8 nitrogen and oxygen atoms in total. The van der Waals surface area contributed by atoms with Gasteiger partial charge in [0.2, 0.25) is 5.82 Å². The Kier molecular flexibility index (Phi) is 4.84. The minimum absolute atomic E-state index is 0.107. The van der Waals surface area contributed by atoms with Crippen molar-refractivity contribution in [3.8, 4) is 0 Å². The number of hydrogen-bond acceptors (Lipinski definition) is 6. The molecular formula is C21H26N6O2. The molecule has 1 aromatic carbocycles. The number of aryl methyl sites for hydroxylation is 2. The normalized spacial score (nSPS) is 22.4. The van der Waals surface area contributed by atoms with E-state index in [0.717, 1.165) is 17.0 Å². The van der Waals surface area contributed by atoms with E-state index in [1.807, 2.05) is 69.2 Å². The van der Waals surface area contributed by atoms with E-state index >= 15 is 0 Å². The third-order valence-electron chi connectivity index (χ3n) is 5.88. The van der Waals surface area contributed by atoms with Crippen LogP contribution in [0.5, 0.6) is 0 Å². The van der Waals surface area contributed by atoms with Crippen LogP contribution >= 0.6 is 0 Å². The lowest BCUT2D eigenvalue weighted by atomic mass is 9.77. The van der Waals surface area contributed by atoms with Gasteiger partial charge in [-0.3, -0.25) is 9.69 Å². The Morgan fingerprint density at radius 2 is 1.93 bits per heavy atom. The largest absolute Gasteiger partial charge is 0.389 e. The van der Waals surface area contributed by atoms with Gasteiger partial charge in [0.25, 0.3) is 11.7 Å². The number of rotatable bonds is 3. The number of aliphatic hydroxyl groups is 1. The lowest BCUT2D eigenvalue weighted by Crippen LogP contribution is -2.61. The Labute approximate surface area is 169 Å². The van der Waals surface area contributed by atoms with Crippen LogP contribution in [0.4, 0.5) is 0 Å². The first kappa shape index (κ1) is 19.5. The molecule has 152 valence electrons. The van der Waals surface area contributed by atoms with Crippen LogP contribution in [0.1, 0.15) is 34.0 Å². The Balaban J connectivity index is 1.61. The maximum Gasteiger partial charge on any atom is 0.293 e. The highest BCUT2D eigenvalue weighted by Gasteiger charge is 2.46. The Bertz CT molecular complexity index is 1050. The second kappa shape index (κ2) is 7.20. The van der Waals surface area contributed by atoms with Crippen LogP contribution in [0.15, 0.2) is 36.4 Å². The van der Waals surface area contributed by atoms with Crippen LogP contribution < -0.4 is 0 Å². The number of nitrogens with zero attached hydrogens (tertiary/aromatic N) is 6. The highest BCUT2D eigenvalue weighted by molar-refractivity contribution is 5.91. The predicted octanol–water partition coefficient (Wildman–Crippen LogP) is 1.41. The fraction of sp³-hybridized carbons (Fsp3) is 0.429. The molecule has 1 amide bonds. The van der Waals surface area contributed by atoms with E-state index in [4.69, 9.17) is 0 Å². The van der Waals surface area contributed by atoms with Gasteiger partial charge < -0.3 is 10.0 Å². The Morgan fingerprint density at radius 1 is 1.21 bits per heavy atom. The zero-order chi connectivity index (χ0) is 20.8. The fourth-order valence-corrected chi connectivity index (χ4v) is 4.35. The maximum absolute atomic E-state index is 13.1. The summed E-state index contributed by atoms with van der Waals surface area (Å²) < 4.78 is 1.58. The van der Waals surface area contributed by atoms with E-state index in [1.165, 1.54) is 0 Å². The molecular weight excluding hydrogens is 368 g/mol. The van der Waals surface area contributed by atoms with Gasteiger partial charge in [-0.2, -0.15) is 4.98 Å². The number of hydrogen-bond donors (Lipinski definition) is 1. The van der Waals surface area contributed by atoms with Gasteiger partial charge in [0.15, 0.2) is 0 Å². The molecule has 1 N–H and O–H groups in total. The van der Waals surface area contributed by atoms with Crippen molar-refractivity contribution in [3.05, 3.63) is 59.2 Å². The summed E-state index contributed by atoms with van der Waals surface area (Å²) in [6, 6.07) is 11.9. The molecule has 0 bridgehead atoms. The first-order valence-electron chi connectivity index (χ1n) is 9.74. The summed E-state index contributed by atoms with van der Waals surface area (Å²) in [4.78, 5) is 25.4. The van der Waals surface area contributed by atoms with Gasteiger partial charge in [-0.05, 0) is 46.0 Å². The third-order valence-corrected chi connectivity index (χ3v) is 5.88. The van der Waals surface area contributed by atoms with Gasteiger partial charge in [0.05, 0.1) is 11.6 Å². The Morgan fingerprint density at radius 3 is 2.59 bits per heavy atom. The zero-order valence-electron chi connectivity index (χ0n) is 17.2. The van der Waals surface area contributed by atoms with Crippen LogP contribution in [-0.2, 0) is 5.54 Å². The van der Waals surface area contributed by atoms with Crippen molar-refractivity contribution in [2.24, 2.45) is 0 Å². The van der Waals surface area contributed by atoms with E-state index in [-0.39, 0.29) is 18.3 Å². The molecule has 3 heterocycles. The van der Waals surface area contributed by atoms with E-state index in [1.54, 1.807) is 9.42 Å². The number of likely N-dealkylation sites (tertiary alicyclic amines) is 1. The lowest BCUT2D eigenvalue weighted by molar-refractivity contribution is -0.0614. The minimum atomic E-state index is -0.739. The average Bonchev–Trinajstić information content (AvgIpc) is 3.12. The molecule has 0 spiro atoms. The summed E-state index contributed by atoms with van der Waals surface area (Å²) in [5.74, 6) is 0.234. The average molecular weight is 394 g/mol. The molecule has 0 aliphatic carbocycles. The van der Waals surface area contributed by atoms with Crippen molar-refractivity contribution in [2.75, 3.05) is 27.2 Å². The molecule has 2 atom stereocenters. The van der Waals surface area contributed by atoms with Gasteiger partial charge >= 0.3 is 0 Å². The van der Waals surface area contributed by atoms with Crippen LogP contribution in [0.25, 0.3) is 5.78 Å². The molecule has 2 aromatic heterocycles. The van der Waals surface area contributed by atoms with E-state index in [0.29, 0.717) is 18.7 Å². The smallest absolute Gasteiger partial charge is 0.293 e. The highest BCUT2D eigenvalue weighted by Crippen LogP contribution is 2.37. The van der Waals surface area contributed by atoms with Gasteiger partial charge in [0.1, 0.15) is 0 Å². The van der Waals surface area contributed by atoms with Crippen molar-refractivity contribution >= 4 is 11.7 Å². The van der Waals surface area contributed by atoms with Gasteiger partial charge in [-0.25, -0.2) is 9.50 Å². The number of carbonyl (C=O) groups is 1. The fourth-order valence-electron chi connectivity index (χ4n) is 4.35. The highest BCUT2D eigenvalue weighted by atomic mass is 16.3. The Hall–Kier alpha value is -2.84. The number of fused-ring (bicyclic) bond motifs is 1. The number of piperidine rings is 1. The molecule has 1 aliphatic rings. The summed E-state index contributed by atoms with van der Waals surface area (Å²) in [6.45, 7) is 4.51. The molecule has 1 saturated heterocycles. The van der Waals surface area contributed by atoms with E-state index in [9.17, 15) is 9.90 Å². The van der Waals surface area contributed by atoms with Gasteiger partial charge in [0, 0.05) is 24.5 Å². The summed E-state index contributed by atoms with van der Waals surface area (Å²) >= 11 is 0. The summed E-state index contributed by atoms with van der Waals surface area (Å²) in [5, 5.41) is 15.5. The summed E-state index contributed by atoms with van der Waals surface area (Å²) in [5.41, 5.74) is 2.20. The molecule has 29 heavy (non-hydrogen) atoms. The quantitative estimate of drug-likeness (QED) is 0.723. The number of likely N-dealkylation sites (N-methyl/N-ethyl adjacent to an activating group) is 1. The third kappa shape index (κ3) is 3.18. The van der Waals surface area contributed by atoms with Crippen LogP contribution in [0.2, 0.25) is 0 Å². The monoisotopic (exact) mass is 394 g/mol. The molecule has 0 unspecified atom stereocenters. The summed E-state index contributed by atoms with van der Waals surface area (Å²) in [7, 11) is 3.93. The van der Waals surface area contributed by atoms with Crippen LogP contribution in [0.3, 0.4) is 0 Å². The van der Waals surface area contributed by atoms with Crippen molar-refractivity contribution in [1.82, 2.24) is 29.4 Å². The number of aliphatic hydroxyl groups excluding tert-OH is 1. The van der Waals surface area contributed by atoms with E-state index in [2.05, 4.69) is 15.1 Å². The van der Waals surface area contributed by atoms with Crippen LogP contribution in [0, 0.1) is 13.8 Å². The standard InChI is InChI=1S/C21H26N6O2/c1-14-12-15(2)27-20(22-14)23-18(24-27)19(29)26-11-10-21(25(3)4,17(28)13-26)16-8-6-5-7-9-16/h5-9,12,17,28H,10-11,13H2,1-4H3/t17-,21+/m1/s1. The van der Waals surface area contributed by atoms with Gasteiger partial charge in [-0.15, -0.1) is 5.10 Å². The second-order valence-corrected chi connectivity index (χ2v) is 7.89. The topological polar surface area (TPSA) is 86.9 Å². The van der Waals surface area contributed by atoms with Crippen molar-refractivity contribution in [2.45, 2.75) is 31.9 Å². The van der Waals surface area contributed by atoms with Crippen molar-refractivity contribution < 1.29 is 9.90 Å². The van der Waals surface area contributed by atoms with E-state index < -0.39 is 11.6 Å². The molecule has 0 saturated carbocycles. The second-order valence-electron chi connectivity index (χ2n) is 7.89.